The molecule has 0 amide bonds. The van der Waals surface area contributed by atoms with Gasteiger partial charge in [-0.3, -0.25) is 14.4 Å². The molecule has 0 spiro atoms. The number of ether oxygens (including phenoxy) is 3. The maximum Gasteiger partial charge on any atom is 0.306 e. The minimum atomic E-state index is -0.760. The van der Waals surface area contributed by atoms with E-state index in [1.54, 1.807) is 0 Å². The number of rotatable bonds is 54. The number of esters is 3. The Kier molecular flexibility index (Phi) is 52.7. The SMILES string of the molecule is CCCCCCCCCCCCCCCCCCCCC(=O)O[C@@H](COC(=O)CCCCCCCCCCCCCC)COC(=O)CCCCCCCCCCCCCCCCCC. The predicted molar refractivity (Wildman–Crippen MR) is 275 cm³/mol. The van der Waals surface area contributed by atoms with E-state index < -0.39 is 6.10 Å². The van der Waals surface area contributed by atoms with Crippen LogP contribution in [-0.4, -0.2) is 37.2 Å². The number of carbonyl (C=O) groups is 3. The Morgan fingerprint density at radius 3 is 0.625 bits per heavy atom. The lowest BCUT2D eigenvalue weighted by Gasteiger charge is -2.18. The van der Waals surface area contributed by atoms with Crippen LogP contribution in [0.2, 0.25) is 0 Å². The fourth-order valence-electron chi connectivity index (χ4n) is 8.98. The summed E-state index contributed by atoms with van der Waals surface area (Å²) in [5.74, 6) is -0.832. The fraction of sp³-hybridized carbons (Fsp3) is 0.948. The molecule has 0 aliphatic carbocycles. The highest BCUT2D eigenvalue weighted by molar-refractivity contribution is 5.71. The van der Waals surface area contributed by atoms with Crippen molar-refractivity contribution in [1.82, 2.24) is 0 Å². The fourth-order valence-corrected chi connectivity index (χ4v) is 8.98. The summed E-state index contributed by atoms with van der Waals surface area (Å²) in [6.07, 6.45) is 59.5. The van der Waals surface area contributed by atoms with Crippen molar-refractivity contribution in [3.05, 3.63) is 0 Å². The van der Waals surface area contributed by atoms with E-state index in [-0.39, 0.29) is 31.1 Å². The minimum absolute atomic E-state index is 0.0611. The van der Waals surface area contributed by atoms with E-state index in [9.17, 15) is 14.4 Å². The Balaban J connectivity index is 4.27. The summed E-state index contributed by atoms with van der Waals surface area (Å²) in [6, 6.07) is 0. The topological polar surface area (TPSA) is 78.9 Å². The first-order valence-corrected chi connectivity index (χ1v) is 29.0. The smallest absolute Gasteiger partial charge is 0.306 e. The first-order chi connectivity index (χ1) is 31.5. The van der Waals surface area contributed by atoms with Gasteiger partial charge >= 0.3 is 17.9 Å². The average Bonchev–Trinajstić information content (AvgIpc) is 3.29. The van der Waals surface area contributed by atoms with Gasteiger partial charge in [-0.15, -0.1) is 0 Å². The lowest BCUT2D eigenvalue weighted by Crippen LogP contribution is -2.30. The molecule has 0 saturated heterocycles. The van der Waals surface area contributed by atoms with E-state index in [0.29, 0.717) is 19.3 Å². The lowest BCUT2D eigenvalue weighted by molar-refractivity contribution is -0.167. The maximum absolute atomic E-state index is 12.8. The van der Waals surface area contributed by atoms with Crippen LogP contribution in [0.3, 0.4) is 0 Å². The second-order valence-corrected chi connectivity index (χ2v) is 19.9. The Hall–Kier alpha value is -1.59. The van der Waals surface area contributed by atoms with Crippen molar-refractivity contribution < 1.29 is 28.6 Å². The summed E-state index contributed by atoms with van der Waals surface area (Å²) in [5, 5.41) is 0. The van der Waals surface area contributed by atoms with Crippen molar-refractivity contribution >= 4 is 17.9 Å². The lowest BCUT2D eigenvalue weighted by atomic mass is 10.0. The molecule has 0 aliphatic rings. The van der Waals surface area contributed by atoms with E-state index in [1.807, 2.05) is 0 Å². The molecule has 0 heterocycles. The van der Waals surface area contributed by atoms with Crippen LogP contribution in [0.1, 0.15) is 335 Å². The third-order valence-electron chi connectivity index (χ3n) is 13.4. The second-order valence-electron chi connectivity index (χ2n) is 19.9. The first kappa shape index (κ1) is 62.4. The highest BCUT2D eigenvalue weighted by atomic mass is 16.6. The standard InChI is InChI=1S/C58H112O6/c1-4-7-10-13-16-19-22-25-27-29-30-32-34-37-40-43-46-49-52-58(61)64-55(53-62-56(59)50-47-44-41-38-35-24-21-18-15-12-9-6-3)54-63-57(60)51-48-45-42-39-36-33-31-28-26-23-20-17-14-11-8-5-2/h55H,4-54H2,1-3H3/t55-/m0/s1. The predicted octanol–water partition coefficient (Wildman–Crippen LogP) is 19.2. The van der Waals surface area contributed by atoms with Crippen LogP contribution in [-0.2, 0) is 28.6 Å². The Bertz CT molecular complexity index is 951. The highest BCUT2D eigenvalue weighted by Crippen LogP contribution is 2.18. The van der Waals surface area contributed by atoms with Gasteiger partial charge in [0.15, 0.2) is 6.10 Å². The summed E-state index contributed by atoms with van der Waals surface area (Å²) >= 11 is 0. The largest absolute Gasteiger partial charge is 0.462 e. The molecule has 0 aromatic heterocycles. The quantitative estimate of drug-likeness (QED) is 0.0344. The molecular formula is C58H112O6. The molecule has 6 heteroatoms. The van der Waals surface area contributed by atoms with Gasteiger partial charge in [-0.05, 0) is 19.3 Å². The van der Waals surface area contributed by atoms with E-state index in [4.69, 9.17) is 14.2 Å². The van der Waals surface area contributed by atoms with Gasteiger partial charge in [0.1, 0.15) is 13.2 Å². The van der Waals surface area contributed by atoms with Crippen LogP contribution >= 0.6 is 0 Å². The van der Waals surface area contributed by atoms with E-state index in [1.165, 1.54) is 238 Å². The van der Waals surface area contributed by atoms with Crippen LogP contribution in [0.5, 0.6) is 0 Å². The summed E-state index contributed by atoms with van der Waals surface area (Å²) < 4.78 is 16.9. The van der Waals surface area contributed by atoms with Crippen molar-refractivity contribution in [2.45, 2.75) is 341 Å². The summed E-state index contributed by atoms with van der Waals surface area (Å²) in [5.41, 5.74) is 0. The van der Waals surface area contributed by atoms with Gasteiger partial charge in [0.05, 0.1) is 0 Å². The third-order valence-corrected chi connectivity index (χ3v) is 13.4. The maximum atomic E-state index is 12.8. The van der Waals surface area contributed by atoms with Crippen molar-refractivity contribution in [2.24, 2.45) is 0 Å². The number of unbranched alkanes of at least 4 members (excludes halogenated alkanes) is 43. The Morgan fingerprint density at radius 1 is 0.250 bits per heavy atom. The minimum Gasteiger partial charge on any atom is -0.462 e. The van der Waals surface area contributed by atoms with Crippen molar-refractivity contribution in [1.29, 1.82) is 0 Å². The van der Waals surface area contributed by atoms with Crippen LogP contribution in [0, 0.1) is 0 Å². The normalized spacial score (nSPS) is 11.9. The molecule has 0 unspecified atom stereocenters. The molecule has 0 rings (SSSR count). The van der Waals surface area contributed by atoms with Crippen LogP contribution in [0.15, 0.2) is 0 Å². The van der Waals surface area contributed by atoms with Gasteiger partial charge in [-0.1, -0.05) is 297 Å². The molecule has 6 nitrogen and oxygen atoms in total. The zero-order valence-electron chi connectivity index (χ0n) is 43.6. The molecule has 0 fully saturated rings. The van der Waals surface area contributed by atoms with Gasteiger partial charge in [-0.25, -0.2) is 0 Å². The molecule has 0 aromatic rings. The number of hydrogen-bond acceptors (Lipinski definition) is 6. The van der Waals surface area contributed by atoms with Gasteiger partial charge in [0, 0.05) is 19.3 Å². The van der Waals surface area contributed by atoms with Crippen LogP contribution < -0.4 is 0 Å². The Morgan fingerprint density at radius 2 is 0.422 bits per heavy atom. The zero-order chi connectivity index (χ0) is 46.5. The van der Waals surface area contributed by atoms with E-state index in [0.717, 1.165) is 57.8 Å². The van der Waals surface area contributed by atoms with Crippen LogP contribution in [0.4, 0.5) is 0 Å². The number of carbonyl (C=O) groups excluding carboxylic acids is 3. The van der Waals surface area contributed by atoms with Crippen molar-refractivity contribution in [3.8, 4) is 0 Å². The van der Waals surface area contributed by atoms with Gasteiger partial charge < -0.3 is 14.2 Å². The van der Waals surface area contributed by atoms with Crippen molar-refractivity contribution in [3.63, 3.8) is 0 Å². The zero-order valence-corrected chi connectivity index (χ0v) is 43.6. The molecule has 0 bridgehead atoms. The molecule has 0 aliphatic heterocycles. The molecule has 0 aromatic carbocycles. The number of hydrogen-bond donors (Lipinski definition) is 0. The van der Waals surface area contributed by atoms with Gasteiger partial charge in [0.25, 0.3) is 0 Å². The molecule has 0 radical (unpaired) electrons. The second kappa shape index (κ2) is 54.0. The Labute approximate surface area is 399 Å². The molecule has 64 heavy (non-hydrogen) atoms. The summed E-state index contributed by atoms with van der Waals surface area (Å²) in [7, 11) is 0. The summed E-state index contributed by atoms with van der Waals surface area (Å²) in [4.78, 5) is 38.1. The van der Waals surface area contributed by atoms with E-state index in [2.05, 4.69) is 20.8 Å². The molecule has 1 atom stereocenters. The van der Waals surface area contributed by atoms with Crippen molar-refractivity contribution in [2.75, 3.05) is 13.2 Å². The third kappa shape index (κ3) is 51.4. The molecule has 380 valence electrons. The van der Waals surface area contributed by atoms with Gasteiger partial charge in [-0.2, -0.15) is 0 Å². The average molecular weight is 906 g/mol. The highest BCUT2D eigenvalue weighted by Gasteiger charge is 2.19. The summed E-state index contributed by atoms with van der Waals surface area (Å²) in [6.45, 7) is 6.70. The molecule has 0 N–H and O–H groups in total. The van der Waals surface area contributed by atoms with Crippen LogP contribution in [0.25, 0.3) is 0 Å². The van der Waals surface area contributed by atoms with Gasteiger partial charge in [0.2, 0.25) is 0 Å². The van der Waals surface area contributed by atoms with E-state index >= 15 is 0 Å². The monoisotopic (exact) mass is 905 g/mol. The molecular weight excluding hydrogens is 793 g/mol. The molecule has 0 saturated carbocycles. The first-order valence-electron chi connectivity index (χ1n) is 29.0.